The maximum absolute atomic E-state index is 3.90. The largest absolute Gasteiger partial charge is 0.374 e. The average molecular weight is 158 g/mol. The summed E-state index contributed by atoms with van der Waals surface area (Å²) in [6.45, 7) is 7.71. The SMILES string of the molecule is C=C(S)/N=C\N[C@@H](C)CC. The Morgan fingerprint density at radius 1 is 1.90 bits per heavy atom. The van der Waals surface area contributed by atoms with Crippen molar-refractivity contribution in [1.29, 1.82) is 0 Å². The third-order valence-electron chi connectivity index (χ3n) is 1.18. The second-order valence-corrected chi connectivity index (χ2v) is 2.67. The summed E-state index contributed by atoms with van der Waals surface area (Å²) in [6.07, 6.45) is 2.72. The Labute approximate surface area is 67.8 Å². The van der Waals surface area contributed by atoms with E-state index in [1.54, 1.807) is 6.34 Å². The predicted octanol–water partition coefficient (Wildman–Crippen LogP) is 1.80. The van der Waals surface area contributed by atoms with Crippen LogP contribution in [0.3, 0.4) is 0 Å². The third kappa shape index (κ3) is 5.69. The first-order valence-electron chi connectivity index (χ1n) is 3.33. The number of hydrogen-bond donors (Lipinski definition) is 2. The van der Waals surface area contributed by atoms with E-state index in [-0.39, 0.29) is 0 Å². The standard InChI is InChI=1S/C7H14N2S/c1-4-6(2)8-5-9-7(3)10/h5-6,10H,3-4H2,1-2H3,(H,8,9)/t6-/m0/s1. The van der Waals surface area contributed by atoms with Crippen LogP contribution >= 0.6 is 12.6 Å². The summed E-state index contributed by atoms with van der Waals surface area (Å²) in [4.78, 5) is 3.85. The van der Waals surface area contributed by atoms with E-state index in [1.165, 1.54) is 0 Å². The van der Waals surface area contributed by atoms with E-state index in [2.05, 4.69) is 43.4 Å². The molecule has 0 aliphatic heterocycles. The molecular weight excluding hydrogens is 144 g/mol. The van der Waals surface area contributed by atoms with Gasteiger partial charge in [-0.25, -0.2) is 4.99 Å². The minimum Gasteiger partial charge on any atom is -0.374 e. The van der Waals surface area contributed by atoms with Gasteiger partial charge in [-0.3, -0.25) is 0 Å². The van der Waals surface area contributed by atoms with Gasteiger partial charge in [0.15, 0.2) is 0 Å². The summed E-state index contributed by atoms with van der Waals surface area (Å²) in [6, 6.07) is 0.469. The molecule has 0 aliphatic carbocycles. The van der Waals surface area contributed by atoms with E-state index in [0.29, 0.717) is 11.1 Å². The lowest BCUT2D eigenvalue weighted by atomic mass is 10.3. The molecular formula is C7H14N2S. The highest BCUT2D eigenvalue weighted by atomic mass is 32.1. The summed E-state index contributed by atoms with van der Waals surface area (Å²) in [5.41, 5.74) is 0. The summed E-state index contributed by atoms with van der Waals surface area (Å²) < 4.78 is 0. The number of nitrogens with zero attached hydrogens (tertiary/aromatic N) is 1. The van der Waals surface area contributed by atoms with E-state index in [9.17, 15) is 0 Å². The van der Waals surface area contributed by atoms with Crippen LogP contribution in [0.2, 0.25) is 0 Å². The topological polar surface area (TPSA) is 24.4 Å². The first kappa shape index (κ1) is 9.56. The number of rotatable bonds is 4. The Bertz CT molecular complexity index is 132. The van der Waals surface area contributed by atoms with E-state index in [4.69, 9.17) is 0 Å². The fraction of sp³-hybridized carbons (Fsp3) is 0.571. The van der Waals surface area contributed by atoms with Crippen molar-refractivity contribution in [2.24, 2.45) is 4.99 Å². The van der Waals surface area contributed by atoms with Gasteiger partial charge in [-0.2, -0.15) is 0 Å². The van der Waals surface area contributed by atoms with Gasteiger partial charge in [0.1, 0.15) is 0 Å². The zero-order valence-corrected chi connectivity index (χ0v) is 7.36. The summed E-state index contributed by atoms with van der Waals surface area (Å²) >= 11 is 3.90. The lowest BCUT2D eigenvalue weighted by Gasteiger charge is -2.05. The zero-order valence-electron chi connectivity index (χ0n) is 6.46. The summed E-state index contributed by atoms with van der Waals surface area (Å²) in [5.74, 6) is 0. The van der Waals surface area contributed by atoms with Crippen molar-refractivity contribution in [2.75, 3.05) is 0 Å². The fourth-order valence-corrected chi connectivity index (χ4v) is 0.415. The Hall–Kier alpha value is -0.440. The first-order valence-corrected chi connectivity index (χ1v) is 3.78. The van der Waals surface area contributed by atoms with Crippen molar-refractivity contribution in [3.05, 3.63) is 11.6 Å². The molecule has 0 saturated carbocycles. The third-order valence-corrected chi connectivity index (χ3v) is 1.30. The van der Waals surface area contributed by atoms with Crippen LogP contribution < -0.4 is 5.32 Å². The molecule has 0 aliphatic rings. The average Bonchev–Trinajstić information content (AvgIpc) is 1.87. The Kier molecular flexibility index (Phi) is 5.12. The minimum atomic E-state index is 0.469. The van der Waals surface area contributed by atoms with E-state index in [0.717, 1.165) is 6.42 Å². The van der Waals surface area contributed by atoms with E-state index < -0.39 is 0 Å². The van der Waals surface area contributed by atoms with Crippen molar-refractivity contribution in [3.8, 4) is 0 Å². The van der Waals surface area contributed by atoms with Crippen molar-refractivity contribution in [1.82, 2.24) is 5.32 Å². The lowest BCUT2D eigenvalue weighted by molar-refractivity contribution is 0.649. The number of hydrogen-bond acceptors (Lipinski definition) is 2. The van der Waals surface area contributed by atoms with Crippen LogP contribution in [-0.4, -0.2) is 12.4 Å². The Morgan fingerprint density at radius 3 is 2.90 bits per heavy atom. The molecule has 0 aromatic carbocycles. The maximum Gasteiger partial charge on any atom is 0.0894 e. The monoisotopic (exact) mass is 158 g/mol. The molecule has 0 fully saturated rings. The molecule has 1 N–H and O–H groups in total. The molecule has 0 radical (unpaired) electrons. The molecule has 0 bridgehead atoms. The molecule has 0 rings (SSSR count). The van der Waals surface area contributed by atoms with E-state index in [1.807, 2.05) is 0 Å². The van der Waals surface area contributed by atoms with Gasteiger partial charge >= 0.3 is 0 Å². The molecule has 10 heavy (non-hydrogen) atoms. The van der Waals surface area contributed by atoms with Crippen LogP contribution in [-0.2, 0) is 0 Å². The predicted molar refractivity (Wildman–Crippen MR) is 49.5 cm³/mol. The molecule has 58 valence electrons. The second-order valence-electron chi connectivity index (χ2n) is 2.15. The molecule has 0 heterocycles. The van der Waals surface area contributed by atoms with Crippen LogP contribution in [0.4, 0.5) is 0 Å². The molecule has 0 amide bonds. The van der Waals surface area contributed by atoms with Crippen LogP contribution in [0, 0.1) is 0 Å². The molecule has 0 spiro atoms. The molecule has 0 aromatic rings. The Balaban J connectivity index is 3.43. The maximum atomic E-state index is 3.90. The second kappa shape index (κ2) is 5.35. The van der Waals surface area contributed by atoms with Gasteiger partial charge in [-0.15, -0.1) is 12.6 Å². The summed E-state index contributed by atoms with van der Waals surface area (Å²) in [7, 11) is 0. The Morgan fingerprint density at radius 2 is 2.50 bits per heavy atom. The molecule has 2 nitrogen and oxygen atoms in total. The van der Waals surface area contributed by atoms with Crippen molar-refractivity contribution >= 4 is 19.0 Å². The van der Waals surface area contributed by atoms with Crippen LogP contribution in [0.5, 0.6) is 0 Å². The fourth-order valence-electron chi connectivity index (χ4n) is 0.357. The smallest absolute Gasteiger partial charge is 0.0894 e. The van der Waals surface area contributed by atoms with E-state index >= 15 is 0 Å². The van der Waals surface area contributed by atoms with Gasteiger partial charge in [0, 0.05) is 6.04 Å². The highest BCUT2D eigenvalue weighted by molar-refractivity contribution is 7.84. The van der Waals surface area contributed by atoms with Crippen molar-refractivity contribution in [3.63, 3.8) is 0 Å². The number of nitrogens with one attached hydrogen (secondary N) is 1. The van der Waals surface area contributed by atoms with Gasteiger partial charge in [-0.05, 0) is 13.3 Å². The van der Waals surface area contributed by atoms with Crippen LogP contribution in [0.1, 0.15) is 20.3 Å². The zero-order chi connectivity index (χ0) is 7.98. The number of aliphatic imine (C=N–C) groups is 1. The molecule has 0 saturated heterocycles. The van der Waals surface area contributed by atoms with Crippen molar-refractivity contribution < 1.29 is 0 Å². The first-order chi connectivity index (χ1) is 4.66. The van der Waals surface area contributed by atoms with Gasteiger partial charge in [0.25, 0.3) is 0 Å². The van der Waals surface area contributed by atoms with Gasteiger partial charge in [0.2, 0.25) is 0 Å². The van der Waals surface area contributed by atoms with Gasteiger partial charge in [-0.1, -0.05) is 13.5 Å². The van der Waals surface area contributed by atoms with Crippen LogP contribution in [0.15, 0.2) is 16.6 Å². The molecule has 0 unspecified atom stereocenters. The highest BCUT2D eigenvalue weighted by Gasteiger charge is 1.90. The van der Waals surface area contributed by atoms with Crippen molar-refractivity contribution in [2.45, 2.75) is 26.3 Å². The summed E-state index contributed by atoms with van der Waals surface area (Å²) in [5, 5.41) is 3.59. The normalized spacial score (nSPS) is 13.5. The molecule has 3 heteroatoms. The highest BCUT2D eigenvalue weighted by Crippen LogP contribution is 1.93. The van der Waals surface area contributed by atoms with Gasteiger partial charge in [0.05, 0.1) is 11.4 Å². The minimum absolute atomic E-state index is 0.469. The quantitative estimate of drug-likeness (QED) is 0.364. The molecule has 1 atom stereocenters. The number of thiol groups is 1. The lowest BCUT2D eigenvalue weighted by Crippen LogP contribution is -2.23. The molecule has 0 aromatic heterocycles. The van der Waals surface area contributed by atoms with Gasteiger partial charge < -0.3 is 5.32 Å². The van der Waals surface area contributed by atoms with Crippen LogP contribution in [0.25, 0.3) is 0 Å².